The Bertz CT molecular complexity index is 803. The first kappa shape index (κ1) is 21.8. The number of hydrogen-bond donors (Lipinski definition) is 2. The summed E-state index contributed by atoms with van der Waals surface area (Å²) in [6, 6.07) is 12.3. The maximum absolute atomic E-state index is 12.1. The van der Waals surface area contributed by atoms with Crippen LogP contribution in [0.3, 0.4) is 0 Å². The van der Waals surface area contributed by atoms with E-state index in [4.69, 9.17) is 4.74 Å². The van der Waals surface area contributed by atoms with Crippen LogP contribution in [-0.4, -0.2) is 61.0 Å². The van der Waals surface area contributed by atoms with Gasteiger partial charge >= 0.3 is 12.2 Å². The average molecular weight is 424 g/mol. The molecule has 1 aromatic heterocycles. The van der Waals surface area contributed by atoms with Crippen LogP contribution in [0.4, 0.5) is 23.7 Å². The zero-order valence-corrected chi connectivity index (χ0v) is 16.2. The van der Waals surface area contributed by atoms with E-state index >= 15 is 0 Å². The van der Waals surface area contributed by atoms with Crippen LogP contribution in [0.2, 0.25) is 0 Å². The van der Waals surface area contributed by atoms with Gasteiger partial charge in [0.25, 0.3) is 0 Å². The maximum Gasteiger partial charge on any atom is 0.422 e. The van der Waals surface area contributed by atoms with Crippen molar-refractivity contribution in [2.45, 2.75) is 18.8 Å². The summed E-state index contributed by atoms with van der Waals surface area (Å²) in [6.07, 6.45) is -3.34. The summed E-state index contributed by atoms with van der Waals surface area (Å²) in [6.45, 7) is 1.84. The van der Waals surface area contributed by atoms with Crippen LogP contribution in [0.15, 0.2) is 48.7 Å². The monoisotopic (exact) mass is 424 g/mol. The summed E-state index contributed by atoms with van der Waals surface area (Å²) in [5, 5.41) is 5.31. The van der Waals surface area contributed by atoms with Gasteiger partial charge in [0.05, 0.1) is 24.6 Å². The molecular weight excluding hydrogens is 401 g/mol. The van der Waals surface area contributed by atoms with E-state index in [1.165, 1.54) is 23.9 Å². The topological polar surface area (TPSA) is 75.7 Å². The third-order valence-electron chi connectivity index (χ3n) is 4.34. The molecule has 0 aliphatic carbocycles. The lowest BCUT2D eigenvalue weighted by atomic mass is 10.2. The summed E-state index contributed by atoms with van der Waals surface area (Å²) in [7, 11) is 0. The number of carbonyl (C=O) groups excluding carboxylic acids is 1. The number of alkyl halides is 3. The number of pyridine rings is 1. The van der Waals surface area contributed by atoms with Crippen LogP contribution in [0, 0.1) is 0 Å². The average Bonchev–Trinajstić information content (AvgIpc) is 2.72. The molecule has 0 radical (unpaired) electrons. The van der Waals surface area contributed by atoms with E-state index in [0.717, 1.165) is 13.1 Å². The summed E-state index contributed by atoms with van der Waals surface area (Å²) in [5.41, 5.74) is 1.56. The normalized spacial score (nSPS) is 17.4. The molecule has 1 atom stereocenters. The van der Waals surface area contributed by atoms with E-state index in [9.17, 15) is 18.0 Å². The number of morpholine rings is 1. The lowest BCUT2D eigenvalue weighted by molar-refractivity contribution is -0.154. The zero-order chi connectivity index (χ0) is 21.4. The fraction of sp³-hybridized carbons (Fsp3) is 0.400. The number of anilines is 1. The van der Waals surface area contributed by atoms with Gasteiger partial charge in [-0.1, -0.05) is 30.3 Å². The number of nitrogens with one attached hydrogen (secondary N) is 2. The van der Waals surface area contributed by atoms with Crippen molar-refractivity contribution in [1.82, 2.24) is 15.2 Å². The molecule has 3 rings (SSSR count). The Morgan fingerprint density at radius 2 is 2.03 bits per heavy atom. The highest BCUT2D eigenvalue weighted by atomic mass is 19.4. The van der Waals surface area contributed by atoms with Crippen molar-refractivity contribution >= 4 is 11.7 Å². The molecule has 30 heavy (non-hydrogen) atoms. The third kappa shape index (κ3) is 7.53. The van der Waals surface area contributed by atoms with E-state index in [-0.39, 0.29) is 12.0 Å². The van der Waals surface area contributed by atoms with Gasteiger partial charge in [-0.05, 0) is 11.6 Å². The smallest absolute Gasteiger partial charge is 0.422 e. The van der Waals surface area contributed by atoms with E-state index < -0.39 is 18.8 Å². The molecule has 1 fully saturated rings. The van der Waals surface area contributed by atoms with Crippen LogP contribution in [0.25, 0.3) is 0 Å². The van der Waals surface area contributed by atoms with Gasteiger partial charge in [-0.3, -0.25) is 4.90 Å². The molecule has 1 aromatic carbocycles. The van der Waals surface area contributed by atoms with Gasteiger partial charge in [0.1, 0.15) is 0 Å². The van der Waals surface area contributed by atoms with E-state index in [0.29, 0.717) is 25.4 Å². The SMILES string of the molecule is O=C(NCC1CN(Cc2ccccc2)CCO1)Nc1ccc(OCC(F)(F)F)nc1. The number of halogens is 3. The molecule has 2 N–H and O–H groups in total. The van der Waals surface area contributed by atoms with Crippen molar-refractivity contribution in [3.8, 4) is 5.88 Å². The van der Waals surface area contributed by atoms with Crippen molar-refractivity contribution in [3.05, 3.63) is 54.2 Å². The Morgan fingerprint density at radius 3 is 2.73 bits per heavy atom. The second-order valence-corrected chi connectivity index (χ2v) is 6.84. The minimum Gasteiger partial charge on any atom is -0.468 e. The van der Waals surface area contributed by atoms with E-state index in [2.05, 4.69) is 37.4 Å². The summed E-state index contributed by atoms with van der Waals surface area (Å²) in [4.78, 5) is 18.1. The van der Waals surface area contributed by atoms with Crippen LogP contribution in [0.5, 0.6) is 5.88 Å². The summed E-state index contributed by atoms with van der Waals surface area (Å²) in [5.74, 6) is -0.174. The van der Waals surface area contributed by atoms with Crippen molar-refractivity contribution < 1.29 is 27.4 Å². The van der Waals surface area contributed by atoms with Gasteiger partial charge in [0, 0.05) is 32.2 Å². The fourth-order valence-corrected chi connectivity index (χ4v) is 2.97. The number of benzene rings is 1. The Kier molecular flexibility index (Phi) is 7.47. The largest absolute Gasteiger partial charge is 0.468 e. The minimum atomic E-state index is -4.43. The number of carbonyl (C=O) groups is 1. The minimum absolute atomic E-state index is 0.135. The van der Waals surface area contributed by atoms with Crippen molar-refractivity contribution in [2.24, 2.45) is 0 Å². The number of hydrogen-bond acceptors (Lipinski definition) is 5. The molecule has 1 aliphatic heterocycles. The van der Waals surface area contributed by atoms with Gasteiger partial charge in [0.15, 0.2) is 6.61 Å². The van der Waals surface area contributed by atoms with E-state index in [1.807, 2.05) is 18.2 Å². The predicted octanol–water partition coefficient (Wildman–Crippen LogP) is 3.05. The van der Waals surface area contributed by atoms with Crippen LogP contribution < -0.4 is 15.4 Å². The van der Waals surface area contributed by atoms with Gasteiger partial charge in [-0.15, -0.1) is 0 Å². The zero-order valence-electron chi connectivity index (χ0n) is 16.2. The second-order valence-electron chi connectivity index (χ2n) is 6.84. The van der Waals surface area contributed by atoms with Gasteiger partial charge in [-0.2, -0.15) is 13.2 Å². The highest BCUT2D eigenvalue weighted by Crippen LogP contribution is 2.18. The standard InChI is InChI=1S/C20H23F3N4O3/c21-20(22,23)14-30-18-7-6-16(10-24-18)26-19(28)25-11-17-13-27(8-9-29-17)12-15-4-2-1-3-5-15/h1-7,10,17H,8-9,11-14H2,(H2,25,26,28). The van der Waals surface area contributed by atoms with Crippen molar-refractivity contribution in [3.63, 3.8) is 0 Å². The number of rotatable bonds is 7. The second kappa shape index (κ2) is 10.3. The lowest BCUT2D eigenvalue weighted by Gasteiger charge is -2.33. The van der Waals surface area contributed by atoms with Crippen LogP contribution in [-0.2, 0) is 11.3 Å². The van der Waals surface area contributed by atoms with Gasteiger partial charge in [-0.25, -0.2) is 9.78 Å². The first-order valence-electron chi connectivity index (χ1n) is 9.46. The quantitative estimate of drug-likeness (QED) is 0.715. The Hall–Kier alpha value is -2.85. The molecule has 1 saturated heterocycles. The first-order chi connectivity index (χ1) is 14.4. The molecule has 1 aliphatic rings. The van der Waals surface area contributed by atoms with Crippen molar-refractivity contribution in [1.29, 1.82) is 0 Å². The molecular formula is C20H23F3N4O3. The first-order valence-corrected chi connectivity index (χ1v) is 9.46. The molecule has 0 bridgehead atoms. The Morgan fingerprint density at radius 1 is 1.23 bits per heavy atom. The highest BCUT2D eigenvalue weighted by molar-refractivity contribution is 5.89. The van der Waals surface area contributed by atoms with Crippen molar-refractivity contribution in [2.75, 3.05) is 38.2 Å². The third-order valence-corrected chi connectivity index (χ3v) is 4.34. The molecule has 10 heteroatoms. The molecule has 7 nitrogen and oxygen atoms in total. The Labute approximate surface area is 172 Å². The molecule has 0 spiro atoms. The number of aromatic nitrogens is 1. The maximum atomic E-state index is 12.1. The molecule has 1 unspecified atom stereocenters. The van der Waals surface area contributed by atoms with E-state index in [1.54, 1.807) is 0 Å². The fourth-order valence-electron chi connectivity index (χ4n) is 2.97. The molecule has 2 heterocycles. The summed E-state index contributed by atoms with van der Waals surface area (Å²) >= 11 is 0. The number of urea groups is 1. The van der Waals surface area contributed by atoms with Gasteiger partial charge in [0.2, 0.25) is 5.88 Å². The Balaban J connectivity index is 1.39. The van der Waals surface area contributed by atoms with Crippen LogP contribution >= 0.6 is 0 Å². The summed E-state index contributed by atoms with van der Waals surface area (Å²) < 4.78 is 46.6. The molecule has 0 saturated carbocycles. The highest BCUT2D eigenvalue weighted by Gasteiger charge is 2.28. The molecule has 2 aromatic rings. The van der Waals surface area contributed by atoms with Gasteiger partial charge < -0.3 is 20.1 Å². The number of nitrogens with zero attached hydrogens (tertiary/aromatic N) is 2. The van der Waals surface area contributed by atoms with Crippen LogP contribution in [0.1, 0.15) is 5.56 Å². The number of ether oxygens (including phenoxy) is 2. The number of amides is 2. The lowest BCUT2D eigenvalue weighted by Crippen LogP contribution is -2.47. The molecule has 162 valence electrons. The molecule has 2 amide bonds. The predicted molar refractivity (Wildman–Crippen MR) is 104 cm³/mol.